The molecule has 0 N–H and O–H groups in total. The maximum absolute atomic E-state index is 13.8. The minimum Gasteiger partial charge on any atom is -0.333 e. The minimum atomic E-state index is -0.230. The molecule has 0 bridgehead atoms. The molecule has 1 amide bonds. The van der Waals surface area contributed by atoms with Crippen molar-refractivity contribution in [2.24, 2.45) is 5.92 Å². The second kappa shape index (κ2) is 7.40. The summed E-state index contributed by atoms with van der Waals surface area (Å²) in [5.41, 5.74) is 0.609. The zero-order valence-corrected chi connectivity index (χ0v) is 14.2. The van der Waals surface area contributed by atoms with Crippen molar-refractivity contribution in [1.29, 1.82) is 0 Å². The SMILES string of the molecule is CC(C)C(=O)N(Cc1nccn1Cc1ccccc1F)C(C)C. The van der Waals surface area contributed by atoms with E-state index in [1.807, 2.05) is 49.4 Å². The van der Waals surface area contributed by atoms with Gasteiger partial charge in [-0.2, -0.15) is 0 Å². The standard InChI is InChI=1S/C18H24FN3O/c1-13(2)18(23)22(14(3)4)12-17-20-9-10-21(17)11-15-7-5-6-8-16(15)19/h5-10,13-14H,11-12H2,1-4H3. The highest BCUT2D eigenvalue weighted by atomic mass is 19.1. The Balaban J connectivity index is 2.20. The first-order valence-corrected chi connectivity index (χ1v) is 7.94. The molecular weight excluding hydrogens is 293 g/mol. The Morgan fingerprint density at radius 2 is 1.96 bits per heavy atom. The van der Waals surface area contributed by atoms with E-state index in [9.17, 15) is 9.18 Å². The van der Waals surface area contributed by atoms with Gasteiger partial charge in [0.05, 0.1) is 13.1 Å². The van der Waals surface area contributed by atoms with Crippen LogP contribution in [0.15, 0.2) is 36.7 Å². The van der Waals surface area contributed by atoms with Crippen molar-refractivity contribution in [2.75, 3.05) is 0 Å². The molecule has 1 aromatic carbocycles. The van der Waals surface area contributed by atoms with Gasteiger partial charge in [-0.15, -0.1) is 0 Å². The Hall–Kier alpha value is -2.17. The summed E-state index contributed by atoms with van der Waals surface area (Å²) in [5.74, 6) is 0.565. The van der Waals surface area contributed by atoms with Gasteiger partial charge in [-0.3, -0.25) is 4.79 Å². The van der Waals surface area contributed by atoms with Gasteiger partial charge < -0.3 is 9.47 Å². The Bertz CT molecular complexity index is 664. The summed E-state index contributed by atoms with van der Waals surface area (Å²) in [5, 5.41) is 0. The second-order valence-electron chi connectivity index (χ2n) is 6.28. The van der Waals surface area contributed by atoms with E-state index in [0.29, 0.717) is 18.7 Å². The number of aromatic nitrogens is 2. The Morgan fingerprint density at radius 3 is 2.57 bits per heavy atom. The molecule has 4 nitrogen and oxygen atoms in total. The summed E-state index contributed by atoms with van der Waals surface area (Å²) >= 11 is 0. The van der Waals surface area contributed by atoms with Crippen LogP contribution in [-0.4, -0.2) is 26.4 Å². The highest BCUT2D eigenvalue weighted by Gasteiger charge is 2.22. The first kappa shape index (κ1) is 17.2. The van der Waals surface area contributed by atoms with Crippen molar-refractivity contribution in [1.82, 2.24) is 14.5 Å². The molecule has 0 spiro atoms. The van der Waals surface area contributed by atoms with Gasteiger partial charge in [0.1, 0.15) is 11.6 Å². The van der Waals surface area contributed by atoms with Crippen LogP contribution in [0, 0.1) is 11.7 Å². The van der Waals surface area contributed by atoms with Crippen LogP contribution in [-0.2, 0) is 17.9 Å². The van der Waals surface area contributed by atoms with Crippen LogP contribution in [0.5, 0.6) is 0 Å². The minimum absolute atomic E-state index is 0.0626. The van der Waals surface area contributed by atoms with E-state index < -0.39 is 0 Å². The third-order valence-electron chi connectivity index (χ3n) is 3.81. The van der Waals surface area contributed by atoms with Gasteiger partial charge in [0, 0.05) is 29.9 Å². The van der Waals surface area contributed by atoms with E-state index in [1.165, 1.54) is 6.07 Å². The monoisotopic (exact) mass is 317 g/mol. The fraction of sp³-hybridized carbons (Fsp3) is 0.444. The number of nitrogens with zero attached hydrogens (tertiary/aromatic N) is 3. The molecule has 0 saturated heterocycles. The second-order valence-corrected chi connectivity index (χ2v) is 6.28. The molecule has 2 aromatic rings. The third kappa shape index (κ3) is 4.18. The highest BCUT2D eigenvalue weighted by Crippen LogP contribution is 2.14. The lowest BCUT2D eigenvalue weighted by Gasteiger charge is -2.28. The number of imidazole rings is 1. The number of benzene rings is 1. The van der Waals surface area contributed by atoms with Crippen LogP contribution < -0.4 is 0 Å². The molecule has 0 unspecified atom stereocenters. The normalized spacial score (nSPS) is 11.3. The summed E-state index contributed by atoms with van der Waals surface area (Å²) in [6, 6.07) is 6.80. The van der Waals surface area contributed by atoms with Crippen molar-refractivity contribution >= 4 is 5.91 Å². The van der Waals surface area contributed by atoms with Crippen LogP contribution in [0.1, 0.15) is 39.1 Å². The molecule has 1 aromatic heterocycles. The summed E-state index contributed by atoms with van der Waals surface area (Å²) in [4.78, 5) is 18.5. The van der Waals surface area contributed by atoms with Gasteiger partial charge in [0.25, 0.3) is 0 Å². The van der Waals surface area contributed by atoms with E-state index in [4.69, 9.17) is 0 Å². The van der Waals surface area contributed by atoms with Gasteiger partial charge in [-0.1, -0.05) is 32.0 Å². The van der Waals surface area contributed by atoms with Gasteiger partial charge in [0.15, 0.2) is 0 Å². The molecule has 1 heterocycles. The number of hydrogen-bond acceptors (Lipinski definition) is 2. The summed E-state index contributed by atoms with van der Waals surface area (Å²) in [6.45, 7) is 8.60. The van der Waals surface area contributed by atoms with Crippen molar-refractivity contribution in [3.05, 3.63) is 53.9 Å². The quantitative estimate of drug-likeness (QED) is 0.818. The van der Waals surface area contributed by atoms with Crippen LogP contribution >= 0.6 is 0 Å². The summed E-state index contributed by atoms with van der Waals surface area (Å²) < 4.78 is 15.7. The molecule has 124 valence electrons. The zero-order valence-electron chi connectivity index (χ0n) is 14.2. The molecule has 0 aliphatic rings. The van der Waals surface area contributed by atoms with E-state index in [1.54, 1.807) is 18.3 Å². The van der Waals surface area contributed by atoms with Crippen LogP contribution in [0.4, 0.5) is 4.39 Å². The molecule has 0 fully saturated rings. The largest absolute Gasteiger partial charge is 0.333 e. The van der Waals surface area contributed by atoms with Crippen LogP contribution in [0.2, 0.25) is 0 Å². The third-order valence-corrected chi connectivity index (χ3v) is 3.81. The first-order chi connectivity index (χ1) is 10.9. The summed E-state index contributed by atoms with van der Waals surface area (Å²) in [6.07, 6.45) is 3.51. The lowest BCUT2D eigenvalue weighted by Crippen LogP contribution is -2.39. The lowest BCUT2D eigenvalue weighted by atomic mass is 10.1. The number of amides is 1. The fourth-order valence-corrected chi connectivity index (χ4v) is 2.44. The lowest BCUT2D eigenvalue weighted by molar-refractivity contribution is -0.137. The Labute approximate surface area is 136 Å². The summed E-state index contributed by atoms with van der Waals surface area (Å²) in [7, 11) is 0. The maximum atomic E-state index is 13.8. The van der Waals surface area contributed by atoms with Gasteiger partial charge in [-0.05, 0) is 19.9 Å². The number of rotatable bonds is 6. The van der Waals surface area contributed by atoms with Crippen molar-refractivity contribution in [2.45, 2.75) is 46.8 Å². The number of hydrogen-bond donors (Lipinski definition) is 0. The molecule has 2 rings (SSSR count). The Morgan fingerprint density at radius 1 is 1.26 bits per heavy atom. The average molecular weight is 317 g/mol. The predicted molar refractivity (Wildman–Crippen MR) is 88.3 cm³/mol. The number of carbonyl (C=O) groups excluding carboxylic acids is 1. The topological polar surface area (TPSA) is 38.1 Å². The fourth-order valence-electron chi connectivity index (χ4n) is 2.44. The maximum Gasteiger partial charge on any atom is 0.225 e. The molecule has 0 aliphatic heterocycles. The van der Waals surface area contributed by atoms with Crippen LogP contribution in [0.3, 0.4) is 0 Å². The van der Waals surface area contributed by atoms with Crippen LogP contribution in [0.25, 0.3) is 0 Å². The van der Waals surface area contributed by atoms with Gasteiger partial charge in [-0.25, -0.2) is 9.37 Å². The van der Waals surface area contributed by atoms with Gasteiger partial charge in [0.2, 0.25) is 5.91 Å². The predicted octanol–water partition coefficient (Wildman–Crippen LogP) is 3.46. The number of halogens is 1. The zero-order chi connectivity index (χ0) is 17.0. The molecular formula is C18H24FN3O. The van der Waals surface area contributed by atoms with Crippen molar-refractivity contribution < 1.29 is 9.18 Å². The van der Waals surface area contributed by atoms with Crippen molar-refractivity contribution in [3.63, 3.8) is 0 Å². The first-order valence-electron chi connectivity index (χ1n) is 7.94. The van der Waals surface area contributed by atoms with E-state index >= 15 is 0 Å². The molecule has 0 radical (unpaired) electrons. The van der Waals surface area contributed by atoms with Crippen molar-refractivity contribution in [3.8, 4) is 0 Å². The van der Waals surface area contributed by atoms with E-state index in [-0.39, 0.29) is 23.7 Å². The van der Waals surface area contributed by atoms with E-state index in [2.05, 4.69) is 4.98 Å². The highest BCUT2D eigenvalue weighted by molar-refractivity contribution is 5.78. The van der Waals surface area contributed by atoms with E-state index in [0.717, 1.165) is 5.82 Å². The molecule has 0 saturated carbocycles. The molecule has 0 aliphatic carbocycles. The molecule has 23 heavy (non-hydrogen) atoms. The van der Waals surface area contributed by atoms with Gasteiger partial charge >= 0.3 is 0 Å². The molecule has 0 atom stereocenters. The Kier molecular flexibility index (Phi) is 5.53. The average Bonchev–Trinajstić information content (AvgIpc) is 2.93. The smallest absolute Gasteiger partial charge is 0.225 e. The number of carbonyl (C=O) groups is 1. The molecule has 5 heteroatoms.